The molecule has 1 N–H and O–H groups in total. The predicted octanol–water partition coefficient (Wildman–Crippen LogP) is 2.05. The van der Waals surface area contributed by atoms with Crippen molar-refractivity contribution in [1.82, 2.24) is 20.3 Å². The summed E-state index contributed by atoms with van der Waals surface area (Å²) in [7, 11) is 0. The maximum atomic E-state index is 5.97. The molecule has 1 spiro atoms. The number of hydrogen-bond acceptors (Lipinski definition) is 4. The van der Waals surface area contributed by atoms with Crippen LogP contribution in [-0.2, 0) is 11.3 Å². The van der Waals surface area contributed by atoms with E-state index in [1.54, 1.807) is 0 Å². The quantitative estimate of drug-likeness (QED) is 0.904. The molecule has 2 heterocycles. The molecule has 0 amide bonds. The topological polar surface area (TPSA) is 52.0 Å². The molecular formula is C14H24N4O. The molecule has 1 aromatic heterocycles. The first-order valence-electron chi connectivity index (χ1n) is 7.45. The van der Waals surface area contributed by atoms with E-state index in [2.05, 4.69) is 40.4 Å². The van der Waals surface area contributed by atoms with Gasteiger partial charge < -0.3 is 10.1 Å². The summed E-state index contributed by atoms with van der Waals surface area (Å²) in [6.07, 6.45) is 8.01. The Labute approximate surface area is 114 Å². The van der Waals surface area contributed by atoms with Crippen molar-refractivity contribution >= 4 is 0 Å². The number of aromatic nitrogens is 3. The lowest BCUT2D eigenvalue weighted by atomic mass is 9.74. The Morgan fingerprint density at radius 1 is 1.53 bits per heavy atom. The Kier molecular flexibility index (Phi) is 3.58. The fourth-order valence-corrected chi connectivity index (χ4v) is 3.03. The molecule has 2 fully saturated rings. The van der Waals surface area contributed by atoms with Gasteiger partial charge >= 0.3 is 0 Å². The summed E-state index contributed by atoms with van der Waals surface area (Å²) >= 11 is 0. The van der Waals surface area contributed by atoms with Gasteiger partial charge in [0, 0.05) is 19.2 Å². The lowest BCUT2D eigenvalue weighted by molar-refractivity contribution is -0.141. The van der Waals surface area contributed by atoms with Gasteiger partial charge in [-0.1, -0.05) is 19.1 Å². The van der Waals surface area contributed by atoms with Crippen molar-refractivity contribution < 1.29 is 4.74 Å². The van der Waals surface area contributed by atoms with Gasteiger partial charge in [-0.25, -0.2) is 4.68 Å². The van der Waals surface area contributed by atoms with Gasteiger partial charge in [0.15, 0.2) is 0 Å². The first kappa shape index (κ1) is 13.1. The molecule has 1 saturated carbocycles. The molecule has 5 nitrogen and oxygen atoms in total. The molecule has 1 aliphatic heterocycles. The summed E-state index contributed by atoms with van der Waals surface area (Å²) in [5.74, 6) is 0. The molecule has 1 aliphatic carbocycles. The van der Waals surface area contributed by atoms with Crippen LogP contribution in [0.15, 0.2) is 6.20 Å². The van der Waals surface area contributed by atoms with E-state index in [0.29, 0.717) is 12.1 Å². The highest BCUT2D eigenvalue weighted by Gasteiger charge is 2.43. The van der Waals surface area contributed by atoms with Crippen LogP contribution in [0.4, 0.5) is 0 Å². The predicted molar refractivity (Wildman–Crippen MR) is 72.8 cm³/mol. The van der Waals surface area contributed by atoms with E-state index in [0.717, 1.165) is 31.7 Å². The van der Waals surface area contributed by atoms with Crippen molar-refractivity contribution in [3.63, 3.8) is 0 Å². The summed E-state index contributed by atoms with van der Waals surface area (Å²) in [6, 6.07) is 0.945. The van der Waals surface area contributed by atoms with Crippen molar-refractivity contribution in [3.05, 3.63) is 11.9 Å². The van der Waals surface area contributed by atoms with Crippen molar-refractivity contribution in [2.45, 2.75) is 70.2 Å². The molecule has 5 heteroatoms. The van der Waals surface area contributed by atoms with Gasteiger partial charge in [0.25, 0.3) is 0 Å². The van der Waals surface area contributed by atoms with Crippen LogP contribution >= 0.6 is 0 Å². The van der Waals surface area contributed by atoms with E-state index in [1.807, 2.05) is 0 Å². The fourth-order valence-electron chi connectivity index (χ4n) is 3.03. The number of nitrogens with zero attached hydrogens (tertiary/aromatic N) is 3. The third kappa shape index (κ3) is 2.82. The molecule has 1 unspecified atom stereocenters. The molecule has 2 aliphatic rings. The molecule has 1 saturated heterocycles. The smallest absolute Gasteiger partial charge is 0.0965 e. The summed E-state index contributed by atoms with van der Waals surface area (Å²) in [5, 5.41) is 12.0. The molecule has 1 aromatic rings. The summed E-state index contributed by atoms with van der Waals surface area (Å²) in [6.45, 7) is 5.95. The number of hydrogen-bond donors (Lipinski definition) is 1. The maximum absolute atomic E-state index is 5.97. The minimum Gasteiger partial charge on any atom is -0.375 e. The fraction of sp³-hybridized carbons (Fsp3) is 0.857. The van der Waals surface area contributed by atoms with Gasteiger partial charge in [0.2, 0.25) is 0 Å². The lowest BCUT2D eigenvalue weighted by Gasteiger charge is -2.47. The largest absolute Gasteiger partial charge is 0.375 e. The highest BCUT2D eigenvalue weighted by atomic mass is 16.5. The first-order chi connectivity index (χ1) is 9.17. The molecule has 106 valence electrons. The SMILES string of the molecule is CC(C)NCc1cn(C2CCOC3(CCC3)C2)nn1. The molecule has 0 bridgehead atoms. The number of ether oxygens (including phenoxy) is 1. The zero-order valence-electron chi connectivity index (χ0n) is 11.9. The van der Waals surface area contributed by atoms with Crippen molar-refractivity contribution in [1.29, 1.82) is 0 Å². The number of rotatable bonds is 4. The standard InChI is InChI=1S/C14H24N4O/c1-11(2)15-9-12-10-18(17-16-12)13-4-7-19-14(8-13)5-3-6-14/h10-11,13,15H,3-9H2,1-2H3. The number of nitrogens with one attached hydrogen (secondary N) is 1. The monoisotopic (exact) mass is 264 g/mol. The van der Waals surface area contributed by atoms with Crippen LogP contribution in [0.3, 0.4) is 0 Å². The van der Waals surface area contributed by atoms with Crippen LogP contribution in [0.1, 0.15) is 57.7 Å². The average Bonchev–Trinajstić information content (AvgIpc) is 2.83. The minimum atomic E-state index is 0.172. The van der Waals surface area contributed by atoms with Crippen LogP contribution < -0.4 is 5.32 Å². The molecule has 0 radical (unpaired) electrons. The van der Waals surface area contributed by atoms with E-state index in [9.17, 15) is 0 Å². The molecular weight excluding hydrogens is 240 g/mol. The Morgan fingerprint density at radius 3 is 3.05 bits per heavy atom. The second-order valence-corrected chi connectivity index (χ2v) is 6.26. The van der Waals surface area contributed by atoms with Crippen molar-refractivity contribution in [3.8, 4) is 0 Å². The van der Waals surface area contributed by atoms with Crippen LogP contribution in [0.2, 0.25) is 0 Å². The zero-order valence-corrected chi connectivity index (χ0v) is 11.9. The molecule has 3 rings (SSSR count). The van der Waals surface area contributed by atoms with Crippen molar-refractivity contribution in [2.24, 2.45) is 0 Å². The van der Waals surface area contributed by atoms with Crippen LogP contribution in [-0.4, -0.2) is 33.2 Å². The summed E-state index contributed by atoms with van der Waals surface area (Å²) in [5.41, 5.74) is 1.20. The van der Waals surface area contributed by atoms with E-state index in [4.69, 9.17) is 4.74 Å². The average molecular weight is 264 g/mol. The Bertz CT molecular complexity index is 425. The Hall–Kier alpha value is -0.940. The highest BCUT2D eigenvalue weighted by Crippen LogP contribution is 2.45. The van der Waals surface area contributed by atoms with Crippen LogP contribution in [0.25, 0.3) is 0 Å². The molecule has 0 aromatic carbocycles. The molecule has 1 atom stereocenters. The summed E-state index contributed by atoms with van der Waals surface area (Å²) in [4.78, 5) is 0. The highest BCUT2D eigenvalue weighted by molar-refractivity contribution is 4.98. The van der Waals surface area contributed by atoms with E-state index >= 15 is 0 Å². The van der Waals surface area contributed by atoms with Crippen LogP contribution in [0.5, 0.6) is 0 Å². The third-order valence-corrected chi connectivity index (χ3v) is 4.36. The second kappa shape index (κ2) is 5.21. The second-order valence-electron chi connectivity index (χ2n) is 6.26. The van der Waals surface area contributed by atoms with Gasteiger partial charge in [0.1, 0.15) is 0 Å². The normalized spacial score (nSPS) is 25.7. The Morgan fingerprint density at radius 2 is 2.37 bits per heavy atom. The summed E-state index contributed by atoms with van der Waals surface area (Å²) < 4.78 is 8.02. The Balaban J connectivity index is 1.62. The van der Waals surface area contributed by atoms with E-state index < -0.39 is 0 Å². The third-order valence-electron chi connectivity index (χ3n) is 4.36. The van der Waals surface area contributed by atoms with Crippen molar-refractivity contribution in [2.75, 3.05) is 6.61 Å². The van der Waals surface area contributed by atoms with Gasteiger partial charge in [-0.15, -0.1) is 5.10 Å². The van der Waals surface area contributed by atoms with Gasteiger partial charge in [-0.05, 0) is 32.1 Å². The molecule has 19 heavy (non-hydrogen) atoms. The van der Waals surface area contributed by atoms with Crippen LogP contribution in [0, 0.1) is 0 Å². The maximum Gasteiger partial charge on any atom is 0.0965 e. The first-order valence-corrected chi connectivity index (χ1v) is 7.45. The van der Waals surface area contributed by atoms with Gasteiger partial charge in [-0.3, -0.25) is 0 Å². The van der Waals surface area contributed by atoms with Gasteiger partial charge in [0.05, 0.1) is 23.5 Å². The lowest BCUT2D eigenvalue weighted by Crippen LogP contribution is -2.46. The van der Waals surface area contributed by atoms with E-state index in [1.165, 1.54) is 19.3 Å². The van der Waals surface area contributed by atoms with E-state index in [-0.39, 0.29) is 5.60 Å². The van der Waals surface area contributed by atoms with Gasteiger partial charge in [-0.2, -0.15) is 0 Å². The minimum absolute atomic E-state index is 0.172. The zero-order chi connectivity index (χ0) is 13.3.